The van der Waals surface area contributed by atoms with E-state index in [0.717, 1.165) is 4.57 Å². The van der Waals surface area contributed by atoms with Crippen LogP contribution in [0.5, 0.6) is 5.75 Å². The Morgan fingerprint density at radius 1 is 1.03 bits per heavy atom. The number of hydrogen-bond donors (Lipinski definition) is 1. The number of nitrogens with one attached hydrogen (secondary N) is 1. The first-order chi connectivity index (χ1) is 16.9. The minimum atomic E-state index is -0.613. The summed E-state index contributed by atoms with van der Waals surface area (Å²) in [7, 11) is 1.54. The number of benzene rings is 2. The molecular weight excluding hydrogens is 470 g/mol. The first kappa shape index (κ1) is 24.0. The third-order valence-corrected chi connectivity index (χ3v) is 6.20. The molecule has 2 aromatic carbocycles. The van der Waals surface area contributed by atoms with Crippen molar-refractivity contribution in [2.24, 2.45) is 0 Å². The van der Waals surface area contributed by atoms with Crippen molar-refractivity contribution in [3.8, 4) is 5.75 Å². The molecule has 10 heteroatoms. The highest BCUT2D eigenvalue weighted by atomic mass is 32.1. The van der Waals surface area contributed by atoms with Crippen LogP contribution in [0.15, 0.2) is 69.6 Å². The molecule has 2 heterocycles. The van der Waals surface area contributed by atoms with Crippen LogP contribution in [0, 0.1) is 0 Å². The fourth-order valence-electron chi connectivity index (χ4n) is 3.69. The maximum absolute atomic E-state index is 13.4. The van der Waals surface area contributed by atoms with Gasteiger partial charge >= 0.3 is 11.7 Å². The Kier molecular flexibility index (Phi) is 7.11. The van der Waals surface area contributed by atoms with Crippen molar-refractivity contribution >= 4 is 39.1 Å². The molecule has 0 aliphatic rings. The number of rotatable bonds is 8. The number of para-hydroxylation sites is 1. The van der Waals surface area contributed by atoms with Gasteiger partial charge in [0.05, 0.1) is 37.0 Å². The lowest BCUT2D eigenvalue weighted by Gasteiger charge is -2.14. The van der Waals surface area contributed by atoms with Gasteiger partial charge in [-0.25, -0.2) is 9.59 Å². The van der Waals surface area contributed by atoms with E-state index in [1.807, 2.05) is 0 Å². The molecule has 2 aromatic heterocycles. The molecule has 1 amide bonds. The second kappa shape index (κ2) is 10.4. The van der Waals surface area contributed by atoms with Crippen LogP contribution in [0.3, 0.4) is 0 Å². The Hall–Kier alpha value is -4.18. The number of esters is 1. The van der Waals surface area contributed by atoms with Crippen molar-refractivity contribution in [2.75, 3.05) is 19.0 Å². The molecule has 0 atom stereocenters. The number of carbonyl (C=O) groups is 2. The molecule has 0 bridgehead atoms. The van der Waals surface area contributed by atoms with Crippen molar-refractivity contribution < 1.29 is 19.1 Å². The number of anilines is 1. The van der Waals surface area contributed by atoms with Crippen molar-refractivity contribution in [2.45, 2.75) is 20.0 Å². The SMILES string of the molecule is CCOC(=O)c1ccccc1NC(=O)Cn1c(=O)n(Cc2cccc(OC)c2)c(=O)c2sccc21. The van der Waals surface area contributed by atoms with Gasteiger partial charge in [-0.05, 0) is 48.2 Å². The highest BCUT2D eigenvalue weighted by Crippen LogP contribution is 2.19. The van der Waals surface area contributed by atoms with Crippen LogP contribution in [-0.2, 0) is 22.6 Å². The molecule has 1 N–H and O–H groups in total. The molecule has 9 nitrogen and oxygen atoms in total. The van der Waals surface area contributed by atoms with E-state index in [9.17, 15) is 19.2 Å². The van der Waals surface area contributed by atoms with Crippen molar-refractivity contribution in [3.63, 3.8) is 0 Å². The van der Waals surface area contributed by atoms with Gasteiger partial charge in [0, 0.05) is 0 Å². The second-order valence-corrected chi connectivity index (χ2v) is 8.48. The summed E-state index contributed by atoms with van der Waals surface area (Å²) in [4.78, 5) is 51.6. The quantitative estimate of drug-likeness (QED) is 0.378. The monoisotopic (exact) mass is 493 g/mol. The summed E-state index contributed by atoms with van der Waals surface area (Å²) in [5, 5.41) is 4.38. The normalized spacial score (nSPS) is 10.8. The standard InChI is InChI=1S/C25H23N3O6S/c1-3-34-24(31)18-9-4-5-10-19(18)26-21(29)15-27-20-11-12-35-22(20)23(30)28(25(27)32)14-16-7-6-8-17(13-16)33-2/h4-13H,3,14-15H2,1-2H3,(H,26,29). The van der Waals surface area contributed by atoms with Crippen LogP contribution < -0.4 is 21.3 Å². The van der Waals surface area contributed by atoms with Gasteiger partial charge in [-0.3, -0.25) is 18.7 Å². The molecule has 0 unspecified atom stereocenters. The smallest absolute Gasteiger partial charge is 0.340 e. The van der Waals surface area contributed by atoms with Crippen LogP contribution in [0.1, 0.15) is 22.8 Å². The summed E-state index contributed by atoms with van der Waals surface area (Å²) in [5.41, 5.74) is 0.526. The largest absolute Gasteiger partial charge is 0.497 e. The van der Waals surface area contributed by atoms with E-state index in [2.05, 4.69) is 5.32 Å². The lowest BCUT2D eigenvalue weighted by Crippen LogP contribution is -2.41. The van der Waals surface area contributed by atoms with Gasteiger partial charge in [-0.15, -0.1) is 11.3 Å². The minimum Gasteiger partial charge on any atom is -0.497 e. The highest BCUT2D eigenvalue weighted by molar-refractivity contribution is 7.17. The van der Waals surface area contributed by atoms with E-state index in [-0.39, 0.29) is 30.9 Å². The highest BCUT2D eigenvalue weighted by Gasteiger charge is 2.19. The number of hydrogen-bond acceptors (Lipinski definition) is 7. The molecule has 0 aliphatic carbocycles. The molecule has 0 fully saturated rings. The summed E-state index contributed by atoms with van der Waals surface area (Å²) >= 11 is 1.20. The summed E-state index contributed by atoms with van der Waals surface area (Å²) < 4.78 is 13.0. The molecule has 0 spiro atoms. The van der Waals surface area contributed by atoms with Crippen LogP contribution in [0.4, 0.5) is 5.69 Å². The first-order valence-electron chi connectivity index (χ1n) is 10.8. The van der Waals surface area contributed by atoms with E-state index in [0.29, 0.717) is 21.5 Å². The lowest BCUT2D eigenvalue weighted by molar-refractivity contribution is -0.116. The van der Waals surface area contributed by atoms with E-state index >= 15 is 0 Å². The third kappa shape index (κ3) is 5.02. The molecule has 35 heavy (non-hydrogen) atoms. The van der Waals surface area contributed by atoms with Gasteiger partial charge in [0.25, 0.3) is 5.56 Å². The van der Waals surface area contributed by atoms with Crippen molar-refractivity contribution in [1.29, 1.82) is 0 Å². The zero-order valence-corrected chi connectivity index (χ0v) is 20.0. The van der Waals surface area contributed by atoms with Gasteiger partial charge in [0.15, 0.2) is 0 Å². The minimum absolute atomic E-state index is 0.0238. The Labute approximate surface area is 204 Å². The lowest BCUT2D eigenvalue weighted by atomic mass is 10.2. The number of ether oxygens (including phenoxy) is 2. The maximum Gasteiger partial charge on any atom is 0.340 e. The fraction of sp³-hybridized carbons (Fsp3) is 0.200. The summed E-state index contributed by atoms with van der Waals surface area (Å²) in [5.74, 6) is -0.483. The van der Waals surface area contributed by atoms with Crippen LogP contribution >= 0.6 is 11.3 Å². The number of thiophene rings is 1. The zero-order chi connectivity index (χ0) is 24.9. The van der Waals surface area contributed by atoms with Crippen molar-refractivity contribution in [1.82, 2.24) is 9.13 Å². The number of nitrogens with zero attached hydrogens (tertiary/aromatic N) is 2. The molecule has 4 aromatic rings. The number of aromatic nitrogens is 2. The average molecular weight is 494 g/mol. The molecule has 0 saturated heterocycles. The van der Waals surface area contributed by atoms with Gasteiger partial charge < -0.3 is 14.8 Å². The Morgan fingerprint density at radius 2 is 1.83 bits per heavy atom. The molecule has 0 radical (unpaired) electrons. The first-order valence-corrected chi connectivity index (χ1v) is 11.7. The van der Waals surface area contributed by atoms with Crippen LogP contribution in [0.25, 0.3) is 10.2 Å². The van der Waals surface area contributed by atoms with Crippen molar-refractivity contribution in [3.05, 3.63) is 91.9 Å². The van der Waals surface area contributed by atoms with Crippen LogP contribution in [-0.4, -0.2) is 34.7 Å². The van der Waals surface area contributed by atoms with Gasteiger partial charge in [0.1, 0.15) is 17.0 Å². The molecular formula is C25H23N3O6S. The average Bonchev–Trinajstić information content (AvgIpc) is 3.35. The maximum atomic E-state index is 13.4. The topological polar surface area (TPSA) is 109 Å². The number of carbonyl (C=O) groups excluding carboxylic acids is 2. The van der Waals surface area contributed by atoms with E-state index in [1.54, 1.807) is 66.9 Å². The molecule has 4 rings (SSSR count). The number of methoxy groups -OCH3 is 1. The number of fused-ring (bicyclic) bond motifs is 1. The van der Waals surface area contributed by atoms with E-state index in [1.165, 1.54) is 23.0 Å². The molecule has 0 aliphatic heterocycles. The predicted octanol–water partition coefficient (Wildman–Crippen LogP) is 3.10. The Balaban J connectivity index is 1.68. The van der Waals surface area contributed by atoms with Gasteiger partial charge in [0.2, 0.25) is 5.91 Å². The number of amides is 1. The Morgan fingerprint density at radius 3 is 2.60 bits per heavy atom. The van der Waals surface area contributed by atoms with Gasteiger partial charge in [-0.2, -0.15) is 0 Å². The zero-order valence-electron chi connectivity index (χ0n) is 19.1. The van der Waals surface area contributed by atoms with Crippen LogP contribution in [0.2, 0.25) is 0 Å². The predicted molar refractivity (Wildman–Crippen MR) is 133 cm³/mol. The summed E-state index contributed by atoms with van der Waals surface area (Å²) in [6.07, 6.45) is 0. The Bertz CT molecular complexity index is 1520. The molecule has 180 valence electrons. The van der Waals surface area contributed by atoms with Gasteiger partial charge in [-0.1, -0.05) is 24.3 Å². The fourth-order valence-corrected chi connectivity index (χ4v) is 4.53. The van der Waals surface area contributed by atoms with E-state index in [4.69, 9.17) is 9.47 Å². The summed E-state index contributed by atoms with van der Waals surface area (Å²) in [6.45, 7) is 1.57. The van der Waals surface area contributed by atoms with E-state index < -0.39 is 23.1 Å². The molecule has 0 saturated carbocycles. The third-order valence-electron chi connectivity index (χ3n) is 5.31. The second-order valence-electron chi connectivity index (χ2n) is 7.56. The summed E-state index contributed by atoms with van der Waals surface area (Å²) in [6, 6.07) is 15.2.